The highest BCUT2D eigenvalue weighted by atomic mass is 16.3. The van der Waals surface area contributed by atoms with Gasteiger partial charge in [0.25, 0.3) is 0 Å². The molecule has 0 aliphatic heterocycles. The first-order valence-corrected chi connectivity index (χ1v) is 6.01. The van der Waals surface area contributed by atoms with E-state index < -0.39 is 0 Å². The van der Waals surface area contributed by atoms with Crippen LogP contribution >= 0.6 is 0 Å². The molecule has 0 bridgehead atoms. The van der Waals surface area contributed by atoms with Crippen LogP contribution in [0.5, 0.6) is 5.75 Å². The van der Waals surface area contributed by atoms with Gasteiger partial charge in [0, 0.05) is 0 Å². The van der Waals surface area contributed by atoms with Crippen LogP contribution in [0.4, 0.5) is 0 Å². The van der Waals surface area contributed by atoms with Crippen molar-refractivity contribution >= 4 is 0 Å². The van der Waals surface area contributed by atoms with Crippen molar-refractivity contribution in [3.8, 4) is 5.75 Å². The van der Waals surface area contributed by atoms with Crippen LogP contribution in [0.3, 0.4) is 0 Å². The quantitative estimate of drug-likeness (QED) is 0.766. The lowest BCUT2D eigenvalue weighted by atomic mass is 9.93. The van der Waals surface area contributed by atoms with Crippen molar-refractivity contribution in [1.29, 1.82) is 0 Å². The van der Waals surface area contributed by atoms with E-state index in [9.17, 15) is 5.11 Å². The molecule has 1 aromatic rings. The van der Waals surface area contributed by atoms with Gasteiger partial charge in [0.15, 0.2) is 0 Å². The molecule has 1 saturated carbocycles. The van der Waals surface area contributed by atoms with Gasteiger partial charge in [-0.1, -0.05) is 38.8 Å². The lowest BCUT2D eigenvalue weighted by Crippen LogP contribution is -1.95. The molecule has 15 heavy (non-hydrogen) atoms. The van der Waals surface area contributed by atoms with Gasteiger partial charge in [-0.05, 0) is 41.9 Å². The fourth-order valence-electron chi connectivity index (χ4n) is 2.50. The summed E-state index contributed by atoms with van der Waals surface area (Å²) in [6.07, 6.45) is 5.12. The molecule has 1 aromatic carbocycles. The molecule has 1 heteroatoms. The summed E-state index contributed by atoms with van der Waals surface area (Å²) in [7, 11) is 0. The Morgan fingerprint density at radius 1 is 1.20 bits per heavy atom. The van der Waals surface area contributed by atoms with E-state index in [2.05, 4.69) is 26.0 Å². The number of hydrogen-bond donors (Lipinski definition) is 1. The second kappa shape index (κ2) is 4.26. The van der Waals surface area contributed by atoms with Gasteiger partial charge in [0.2, 0.25) is 0 Å². The Balaban J connectivity index is 2.25. The van der Waals surface area contributed by atoms with E-state index in [0.717, 1.165) is 5.56 Å². The molecule has 0 aromatic heterocycles. The molecule has 1 nitrogen and oxygen atoms in total. The number of rotatable bonds is 2. The highest BCUT2D eigenvalue weighted by Crippen LogP contribution is 2.39. The Kier molecular flexibility index (Phi) is 2.99. The highest BCUT2D eigenvalue weighted by Gasteiger charge is 2.20. The van der Waals surface area contributed by atoms with E-state index in [-0.39, 0.29) is 0 Å². The third-order valence-corrected chi connectivity index (χ3v) is 3.52. The van der Waals surface area contributed by atoms with Gasteiger partial charge in [-0.15, -0.1) is 0 Å². The van der Waals surface area contributed by atoms with Gasteiger partial charge in [0.05, 0.1) is 0 Å². The Morgan fingerprint density at radius 3 is 2.40 bits per heavy atom. The van der Waals surface area contributed by atoms with Crippen molar-refractivity contribution in [1.82, 2.24) is 0 Å². The van der Waals surface area contributed by atoms with Gasteiger partial charge in [-0.2, -0.15) is 0 Å². The van der Waals surface area contributed by atoms with Crippen molar-refractivity contribution in [3.05, 3.63) is 29.3 Å². The van der Waals surface area contributed by atoms with Crippen LogP contribution in [-0.4, -0.2) is 5.11 Å². The van der Waals surface area contributed by atoms with Crippen LogP contribution in [0, 0.1) is 0 Å². The molecule has 0 spiro atoms. The van der Waals surface area contributed by atoms with Gasteiger partial charge in [0.1, 0.15) is 5.75 Å². The number of phenols is 1. The third kappa shape index (κ3) is 2.17. The Morgan fingerprint density at radius 2 is 1.87 bits per heavy atom. The van der Waals surface area contributed by atoms with Crippen molar-refractivity contribution in [2.75, 3.05) is 0 Å². The zero-order chi connectivity index (χ0) is 10.8. The topological polar surface area (TPSA) is 20.2 Å². The fourth-order valence-corrected chi connectivity index (χ4v) is 2.50. The maximum absolute atomic E-state index is 10.0. The third-order valence-electron chi connectivity index (χ3n) is 3.52. The summed E-state index contributed by atoms with van der Waals surface area (Å²) in [5.41, 5.74) is 2.39. The maximum atomic E-state index is 10.0. The van der Waals surface area contributed by atoms with E-state index >= 15 is 0 Å². The summed E-state index contributed by atoms with van der Waals surface area (Å²) in [6, 6.07) is 6.23. The molecule has 1 aliphatic rings. The standard InChI is InChI=1S/C14H20O/c1-10(2)12-7-8-13(14(15)9-12)11-5-3-4-6-11/h7-11,15H,3-6H2,1-2H3. The first kappa shape index (κ1) is 10.5. The molecule has 82 valence electrons. The summed E-state index contributed by atoms with van der Waals surface area (Å²) in [6.45, 7) is 4.31. The minimum atomic E-state index is 0.494. The predicted octanol–water partition coefficient (Wildman–Crippen LogP) is 4.17. The first-order chi connectivity index (χ1) is 7.18. The van der Waals surface area contributed by atoms with Crippen molar-refractivity contribution < 1.29 is 5.11 Å². The van der Waals surface area contributed by atoms with Gasteiger partial charge < -0.3 is 5.11 Å². The Labute approximate surface area is 92.1 Å². The van der Waals surface area contributed by atoms with E-state index in [1.807, 2.05) is 6.07 Å². The Bertz CT molecular complexity index is 335. The van der Waals surface area contributed by atoms with Crippen LogP contribution in [0.1, 0.15) is 62.5 Å². The molecule has 0 heterocycles. The lowest BCUT2D eigenvalue weighted by Gasteiger charge is -2.14. The maximum Gasteiger partial charge on any atom is 0.119 e. The minimum Gasteiger partial charge on any atom is -0.508 e. The molecule has 1 N–H and O–H groups in total. The van der Waals surface area contributed by atoms with Gasteiger partial charge in [-0.25, -0.2) is 0 Å². The Hall–Kier alpha value is -0.980. The number of aromatic hydroxyl groups is 1. The molecule has 0 saturated heterocycles. The van der Waals surface area contributed by atoms with Crippen LogP contribution in [-0.2, 0) is 0 Å². The fraction of sp³-hybridized carbons (Fsp3) is 0.571. The van der Waals surface area contributed by atoms with Crippen molar-refractivity contribution in [2.24, 2.45) is 0 Å². The largest absolute Gasteiger partial charge is 0.508 e. The zero-order valence-electron chi connectivity index (χ0n) is 9.66. The average Bonchev–Trinajstić information content (AvgIpc) is 2.70. The zero-order valence-corrected chi connectivity index (χ0v) is 9.66. The minimum absolute atomic E-state index is 0.494. The molecule has 0 radical (unpaired) electrons. The van der Waals surface area contributed by atoms with E-state index in [0.29, 0.717) is 17.6 Å². The summed E-state index contributed by atoms with van der Waals surface area (Å²) in [4.78, 5) is 0. The van der Waals surface area contributed by atoms with E-state index in [1.165, 1.54) is 31.2 Å². The number of phenolic OH excluding ortho intramolecular Hbond substituents is 1. The molecule has 0 unspecified atom stereocenters. The molecular formula is C14H20O. The predicted molar refractivity (Wildman–Crippen MR) is 63.4 cm³/mol. The molecular weight excluding hydrogens is 184 g/mol. The van der Waals surface area contributed by atoms with Gasteiger partial charge >= 0.3 is 0 Å². The lowest BCUT2D eigenvalue weighted by molar-refractivity contribution is 0.460. The van der Waals surface area contributed by atoms with Crippen molar-refractivity contribution in [2.45, 2.75) is 51.4 Å². The molecule has 1 aliphatic carbocycles. The van der Waals surface area contributed by atoms with Crippen LogP contribution in [0.25, 0.3) is 0 Å². The van der Waals surface area contributed by atoms with E-state index in [4.69, 9.17) is 0 Å². The second-order valence-corrected chi connectivity index (χ2v) is 4.95. The number of hydrogen-bond acceptors (Lipinski definition) is 1. The normalized spacial score (nSPS) is 17.5. The molecule has 0 amide bonds. The molecule has 1 fully saturated rings. The van der Waals surface area contributed by atoms with Crippen LogP contribution in [0.15, 0.2) is 18.2 Å². The van der Waals surface area contributed by atoms with Crippen LogP contribution in [0.2, 0.25) is 0 Å². The summed E-state index contributed by atoms with van der Waals surface area (Å²) in [5.74, 6) is 1.60. The second-order valence-electron chi connectivity index (χ2n) is 4.95. The summed E-state index contributed by atoms with van der Waals surface area (Å²) in [5, 5.41) is 10.0. The highest BCUT2D eigenvalue weighted by molar-refractivity contribution is 5.40. The molecule has 2 rings (SSSR count). The van der Waals surface area contributed by atoms with E-state index in [1.54, 1.807) is 0 Å². The first-order valence-electron chi connectivity index (χ1n) is 6.01. The SMILES string of the molecule is CC(C)c1ccc(C2CCCC2)c(O)c1. The summed E-state index contributed by atoms with van der Waals surface area (Å²) < 4.78 is 0. The monoisotopic (exact) mass is 204 g/mol. The molecule has 0 atom stereocenters. The van der Waals surface area contributed by atoms with Crippen molar-refractivity contribution in [3.63, 3.8) is 0 Å². The van der Waals surface area contributed by atoms with Crippen LogP contribution < -0.4 is 0 Å². The smallest absolute Gasteiger partial charge is 0.119 e. The number of benzene rings is 1. The van der Waals surface area contributed by atoms with Gasteiger partial charge in [-0.3, -0.25) is 0 Å². The average molecular weight is 204 g/mol. The summed E-state index contributed by atoms with van der Waals surface area (Å²) >= 11 is 0.